The van der Waals surface area contributed by atoms with Crippen LogP contribution in [-0.2, 0) is 24.3 Å². The molecule has 4 nitrogen and oxygen atoms in total. The van der Waals surface area contributed by atoms with E-state index in [2.05, 4.69) is 54.1 Å². The molecule has 3 aromatic rings. The van der Waals surface area contributed by atoms with Crippen molar-refractivity contribution in [2.45, 2.75) is 45.7 Å². The van der Waals surface area contributed by atoms with Crippen molar-refractivity contribution in [3.63, 3.8) is 0 Å². The minimum atomic E-state index is 0.224. The molecule has 30 heavy (non-hydrogen) atoms. The maximum absolute atomic E-state index is 13.0. The summed E-state index contributed by atoms with van der Waals surface area (Å²) in [4.78, 5) is 15.0. The summed E-state index contributed by atoms with van der Waals surface area (Å²) in [7, 11) is 1.69. The molecule has 1 amide bonds. The van der Waals surface area contributed by atoms with Crippen LogP contribution >= 0.6 is 0 Å². The summed E-state index contributed by atoms with van der Waals surface area (Å²) in [6.07, 6.45) is 5.51. The molecule has 0 saturated carbocycles. The molecule has 0 aliphatic carbocycles. The number of nitrogens with zero attached hydrogens (tertiary/aromatic N) is 2. The molecule has 3 rings (SSSR count). The standard InChI is InChI=1S/C26H32N2O2/c1-3-4-17-28(26(29)16-15-22-10-6-5-7-11-22)21-24-13-9-18-27(24)20-23-12-8-14-25(19-23)30-2/h5-14,18-19H,3-4,15-17,20-21H2,1-2H3. The molecule has 4 heteroatoms. The van der Waals surface area contributed by atoms with Crippen LogP contribution in [0.15, 0.2) is 72.9 Å². The molecule has 2 aromatic carbocycles. The van der Waals surface area contributed by atoms with E-state index in [4.69, 9.17) is 4.74 Å². The number of unbranched alkanes of at least 4 members (excludes halogenated alkanes) is 1. The molecule has 0 unspecified atom stereocenters. The fourth-order valence-electron chi connectivity index (χ4n) is 3.61. The third-order valence-corrected chi connectivity index (χ3v) is 5.37. The number of amides is 1. The zero-order valence-corrected chi connectivity index (χ0v) is 18.1. The molecule has 0 saturated heterocycles. The second-order valence-corrected chi connectivity index (χ2v) is 7.63. The van der Waals surface area contributed by atoms with Crippen LogP contribution in [0.2, 0.25) is 0 Å². The normalized spacial score (nSPS) is 10.7. The number of ether oxygens (including phenoxy) is 1. The third kappa shape index (κ3) is 6.24. The van der Waals surface area contributed by atoms with Crippen molar-refractivity contribution < 1.29 is 9.53 Å². The topological polar surface area (TPSA) is 34.5 Å². The highest BCUT2D eigenvalue weighted by Gasteiger charge is 2.15. The average molecular weight is 405 g/mol. The number of benzene rings is 2. The molecule has 0 fully saturated rings. The van der Waals surface area contributed by atoms with E-state index in [-0.39, 0.29) is 5.91 Å². The maximum Gasteiger partial charge on any atom is 0.223 e. The summed E-state index contributed by atoms with van der Waals surface area (Å²) < 4.78 is 7.57. The first-order valence-corrected chi connectivity index (χ1v) is 10.8. The van der Waals surface area contributed by atoms with Crippen LogP contribution in [0.4, 0.5) is 0 Å². The van der Waals surface area contributed by atoms with Crippen molar-refractivity contribution in [3.8, 4) is 5.75 Å². The van der Waals surface area contributed by atoms with Crippen LogP contribution < -0.4 is 4.74 Å². The van der Waals surface area contributed by atoms with Crippen LogP contribution in [0, 0.1) is 0 Å². The van der Waals surface area contributed by atoms with Gasteiger partial charge in [-0.25, -0.2) is 0 Å². The van der Waals surface area contributed by atoms with Crippen LogP contribution in [0.5, 0.6) is 5.75 Å². The highest BCUT2D eigenvalue weighted by molar-refractivity contribution is 5.76. The number of methoxy groups -OCH3 is 1. The Morgan fingerprint density at radius 1 is 1.00 bits per heavy atom. The van der Waals surface area contributed by atoms with Gasteiger partial charge in [-0.15, -0.1) is 0 Å². The lowest BCUT2D eigenvalue weighted by Gasteiger charge is -2.24. The minimum Gasteiger partial charge on any atom is -0.497 e. The first-order valence-electron chi connectivity index (χ1n) is 10.8. The predicted molar refractivity (Wildman–Crippen MR) is 122 cm³/mol. The Bertz CT molecular complexity index is 918. The van der Waals surface area contributed by atoms with Gasteiger partial charge in [0, 0.05) is 31.4 Å². The lowest BCUT2D eigenvalue weighted by molar-refractivity contribution is -0.132. The highest BCUT2D eigenvalue weighted by Crippen LogP contribution is 2.17. The summed E-state index contributed by atoms with van der Waals surface area (Å²) in [5.41, 5.74) is 3.55. The van der Waals surface area contributed by atoms with Gasteiger partial charge < -0.3 is 14.2 Å². The molecule has 0 N–H and O–H groups in total. The molecule has 0 atom stereocenters. The van der Waals surface area contributed by atoms with Crippen molar-refractivity contribution >= 4 is 5.91 Å². The average Bonchev–Trinajstić information content (AvgIpc) is 3.22. The Labute approximate surface area is 180 Å². The Morgan fingerprint density at radius 3 is 2.57 bits per heavy atom. The van der Waals surface area contributed by atoms with E-state index in [9.17, 15) is 4.79 Å². The van der Waals surface area contributed by atoms with Crippen LogP contribution in [0.25, 0.3) is 0 Å². The number of hydrogen-bond donors (Lipinski definition) is 0. The molecule has 158 valence electrons. The number of carbonyl (C=O) groups excluding carboxylic acids is 1. The van der Waals surface area contributed by atoms with Gasteiger partial charge in [0.15, 0.2) is 0 Å². The molecule has 0 spiro atoms. The van der Waals surface area contributed by atoms with Crippen molar-refractivity contribution in [3.05, 3.63) is 89.7 Å². The van der Waals surface area contributed by atoms with Gasteiger partial charge in [-0.1, -0.05) is 55.8 Å². The van der Waals surface area contributed by atoms with Gasteiger partial charge in [0.2, 0.25) is 5.91 Å². The van der Waals surface area contributed by atoms with Crippen LogP contribution in [-0.4, -0.2) is 29.0 Å². The van der Waals surface area contributed by atoms with E-state index in [1.54, 1.807) is 7.11 Å². The summed E-state index contributed by atoms with van der Waals surface area (Å²) in [5.74, 6) is 1.09. The zero-order valence-electron chi connectivity index (χ0n) is 18.1. The van der Waals surface area contributed by atoms with E-state index in [0.717, 1.165) is 43.8 Å². The first-order chi connectivity index (χ1) is 14.7. The van der Waals surface area contributed by atoms with Gasteiger partial charge in [0.05, 0.1) is 13.7 Å². The van der Waals surface area contributed by atoms with Crippen molar-refractivity contribution in [1.82, 2.24) is 9.47 Å². The highest BCUT2D eigenvalue weighted by atomic mass is 16.5. The quantitative estimate of drug-likeness (QED) is 0.434. The van der Waals surface area contributed by atoms with Gasteiger partial charge in [-0.05, 0) is 48.2 Å². The smallest absolute Gasteiger partial charge is 0.223 e. The van der Waals surface area contributed by atoms with Gasteiger partial charge in [-0.3, -0.25) is 4.79 Å². The number of carbonyl (C=O) groups is 1. The molecular formula is C26H32N2O2. The third-order valence-electron chi connectivity index (χ3n) is 5.37. The van der Waals surface area contributed by atoms with Crippen molar-refractivity contribution in [2.75, 3.05) is 13.7 Å². The van der Waals surface area contributed by atoms with E-state index in [0.29, 0.717) is 13.0 Å². The Morgan fingerprint density at radius 2 is 1.80 bits per heavy atom. The zero-order chi connectivity index (χ0) is 21.2. The van der Waals surface area contributed by atoms with E-state index >= 15 is 0 Å². The number of rotatable bonds is 11. The summed E-state index contributed by atoms with van der Waals surface area (Å²) in [6, 6.07) is 22.5. The molecule has 0 bridgehead atoms. The number of hydrogen-bond acceptors (Lipinski definition) is 2. The lowest BCUT2D eigenvalue weighted by Crippen LogP contribution is -2.32. The van der Waals surface area contributed by atoms with E-state index < -0.39 is 0 Å². The first kappa shape index (κ1) is 21.7. The fourth-order valence-corrected chi connectivity index (χ4v) is 3.61. The molecule has 0 aliphatic rings. The minimum absolute atomic E-state index is 0.224. The largest absolute Gasteiger partial charge is 0.497 e. The van der Waals surface area contributed by atoms with Crippen LogP contribution in [0.1, 0.15) is 43.0 Å². The van der Waals surface area contributed by atoms with Crippen molar-refractivity contribution in [2.24, 2.45) is 0 Å². The molecule has 1 heterocycles. The van der Waals surface area contributed by atoms with E-state index in [1.807, 2.05) is 35.2 Å². The fraction of sp³-hybridized carbons (Fsp3) is 0.346. The Hall–Kier alpha value is -3.01. The van der Waals surface area contributed by atoms with Gasteiger partial charge in [-0.2, -0.15) is 0 Å². The maximum atomic E-state index is 13.0. The second kappa shape index (κ2) is 11.2. The summed E-state index contributed by atoms with van der Waals surface area (Å²) in [5, 5.41) is 0. The number of aromatic nitrogens is 1. The second-order valence-electron chi connectivity index (χ2n) is 7.63. The molecule has 1 aromatic heterocycles. The monoisotopic (exact) mass is 404 g/mol. The molecular weight excluding hydrogens is 372 g/mol. The number of aryl methyl sites for hydroxylation is 1. The van der Waals surface area contributed by atoms with E-state index in [1.165, 1.54) is 11.1 Å². The Balaban J connectivity index is 1.67. The van der Waals surface area contributed by atoms with Crippen molar-refractivity contribution in [1.29, 1.82) is 0 Å². The Kier molecular flexibility index (Phi) is 8.13. The summed E-state index contributed by atoms with van der Waals surface area (Å²) >= 11 is 0. The van der Waals surface area contributed by atoms with Gasteiger partial charge >= 0.3 is 0 Å². The SMILES string of the molecule is CCCCN(Cc1cccn1Cc1cccc(OC)c1)C(=O)CCc1ccccc1. The molecule has 0 radical (unpaired) electrons. The van der Waals surface area contributed by atoms with Gasteiger partial charge in [0.1, 0.15) is 5.75 Å². The summed E-state index contributed by atoms with van der Waals surface area (Å²) in [6.45, 7) is 4.37. The van der Waals surface area contributed by atoms with Crippen LogP contribution in [0.3, 0.4) is 0 Å². The lowest BCUT2D eigenvalue weighted by atomic mass is 10.1. The van der Waals surface area contributed by atoms with Gasteiger partial charge in [0.25, 0.3) is 0 Å². The predicted octanol–water partition coefficient (Wildman–Crippen LogP) is 5.31. The molecule has 0 aliphatic heterocycles.